The highest BCUT2D eigenvalue weighted by Gasteiger charge is 2.17. The number of halogens is 1. The van der Waals surface area contributed by atoms with Crippen molar-refractivity contribution in [1.29, 1.82) is 0 Å². The minimum atomic E-state index is -3.38. The number of carbonyl (C=O) groups is 1. The van der Waals surface area contributed by atoms with Gasteiger partial charge in [0.25, 0.3) is 5.91 Å². The number of amides is 1. The molecule has 0 spiro atoms. The van der Waals surface area contributed by atoms with Crippen LogP contribution in [0.1, 0.15) is 22.8 Å². The molecule has 0 aromatic heterocycles. The van der Waals surface area contributed by atoms with Gasteiger partial charge in [0.15, 0.2) is 9.84 Å². The van der Waals surface area contributed by atoms with Crippen LogP contribution in [0.4, 0.5) is 4.39 Å². The number of carbonyl (C=O) groups excluding carboxylic acids is 1. The lowest BCUT2D eigenvalue weighted by molar-refractivity contribution is 0.0752. The predicted molar refractivity (Wildman–Crippen MR) is 86.4 cm³/mol. The molecule has 122 valence electrons. The van der Waals surface area contributed by atoms with Crippen molar-refractivity contribution < 1.29 is 17.6 Å². The lowest BCUT2D eigenvalue weighted by Gasteiger charge is -2.21. The molecule has 0 atom stereocenters. The third-order valence-corrected chi connectivity index (χ3v) is 4.55. The SMILES string of the molecule is CCN(Cc1cccc(F)c1)C(=O)c1cccc(S(C)(=O)=O)c1. The summed E-state index contributed by atoms with van der Waals surface area (Å²) in [5, 5.41) is 0. The van der Waals surface area contributed by atoms with Crippen LogP contribution >= 0.6 is 0 Å². The molecule has 2 aromatic rings. The molecule has 2 aromatic carbocycles. The third-order valence-electron chi connectivity index (χ3n) is 3.44. The van der Waals surface area contributed by atoms with E-state index in [1.807, 2.05) is 6.92 Å². The topological polar surface area (TPSA) is 54.5 Å². The van der Waals surface area contributed by atoms with Gasteiger partial charge in [0.2, 0.25) is 0 Å². The van der Waals surface area contributed by atoms with E-state index in [-0.39, 0.29) is 23.2 Å². The molecule has 2 rings (SSSR count). The van der Waals surface area contributed by atoms with Crippen molar-refractivity contribution in [3.8, 4) is 0 Å². The average Bonchev–Trinajstić information content (AvgIpc) is 2.51. The maximum atomic E-state index is 13.3. The number of rotatable bonds is 5. The minimum Gasteiger partial charge on any atom is -0.335 e. The standard InChI is InChI=1S/C17H18FNO3S/c1-3-19(12-13-6-4-8-15(18)10-13)17(20)14-7-5-9-16(11-14)23(2,21)22/h4-11H,3,12H2,1-2H3. The van der Waals surface area contributed by atoms with Crippen molar-refractivity contribution in [1.82, 2.24) is 4.90 Å². The van der Waals surface area contributed by atoms with Gasteiger partial charge >= 0.3 is 0 Å². The van der Waals surface area contributed by atoms with Crippen LogP contribution in [0.15, 0.2) is 53.4 Å². The van der Waals surface area contributed by atoms with Crippen LogP contribution in [0, 0.1) is 5.82 Å². The van der Waals surface area contributed by atoms with Crippen LogP contribution in [0.2, 0.25) is 0 Å². The summed E-state index contributed by atoms with van der Waals surface area (Å²) in [5.74, 6) is -0.646. The highest BCUT2D eigenvalue weighted by Crippen LogP contribution is 2.15. The van der Waals surface area contributed by atoms with Crippen LogP contribution in [0.5, 0.6) is 0 Å². The van der Waals surface area contributed by atoms with Crippen molar-refractivity contribution in [3.05, 3.63) is 65.5 Å². The van der Waals surface area contributed by atoms with Crippen molar-refractivity contribution in [2.45, 2.75) is 18.4 Å². The Balaban J connectivity index is 2.26. The molecule has 0 saturated heterocycles. The first kappa shape index (κ1) is 17.1. The Morgan fingerprint density at radius 2 is 1.83 bits per heavy atom. The average molecular weight is 335 g/mol. The molecule has 0 fully saturated rings. The molecule has 1 amide bonds. The summed E-state index contributed by atoms with van der Waals surface area (Å²) in [6.45, 7) is 2.51. The number of benzene rings is 2. The smallest absolute Gasteiger partial charge is 0.254 e. The Bertz CT molecular complexity index is 818. The Hall–Kier alpha value is -2.21. The molecule has 0 unspecified atom stereocenters. The molecule has 0 aliphatic rings. The van der Waals surface area contributed by atoms with Gasteiger partial charge in [0.1, 0.15) is 5.82 Å². The fourth-order valence-electron chi connectivity index (χ4n) is 2.23. The molecule has 0 aliphatic carbocycles. The maximum Gasteiger partial charge on any atom is 0.254 e. The van der Waals surface area contributed by atoms with Gasteiger partial charge in [-0.25, -0.2) is 12.8 Å². The van der Waals surface area contributed by atoms with E-state index in [2.05, 4.69) is 0 Å². The van der Waals surface area contributed by atoms with Crippen LogP contribution in [-0.4, -0.2) is 32.0 Å². The summed E-state index contributed by atoms with van der Waals surface area (Å²) in [4.78, 5) is 14.2. The molecule has 0 N–H and O–H groups in total. The largest absolute Gasteiger partial charge is 0.335 e. The molecule has 0 saturated carbocycles. The normalized spacial score (nSPS) is 11.3. The van der Waals surface area contributed by atoms with E-state index in [9.17, 15) is 17.6 Å². The lowest BCUT2D eigenvalue weighted by Crippen LogP contribution is -2.30. The number of hydrogen-bond acceptors (Lipinski definition) is 3. The lowest BCUT2D eigenvalue weighted by atomic mass is 10.1. The molecule has 23 heavy (non-hydrogen) atoms. The molecule has 0 bridgehead atoms. The van der Waals surface area contributed by atoms with Gasteiger partial charge in [-0.05, 0) is 42.8 Å². The number of sulfone groups is 1. The van der Waals surface area contributed by atoms with E-state index in [1.165, 1.54) is 29.2 Å². The summed E-state index contributed by atoms with van der Waals surface area (Å²) >= 11 is 0. The summed E-state index contributed by atoms with van der Waals surface area (Å²) in [7, 11) is -3.38. The van der Waals surface area contributed by atoms with Crippen molar-refractivity contribution >= 4 is 15.7 Å². The Morgan fingerprint density at radius 1 is 1.13 bits per heavy atom. The van der Waals surface area contributed by atoms with Gasteiger partial charge < -0.3 is 4.90 Å². The molecule has 0 aliphatic heterocycles. The summed E-state index contributed by atoms with van der Waals surface area (Å²) in [5.41, 5.74) is 0.977. The second kappa shape index (κ2) is 6.91. The molecule has 4 nitrogen and oxygen atoms in total. The molecule has 0 heterocycles. The summed E-state index contributed by atoms with van der Waals surface area (Å²) in [6.07, 6.45) is 1.10. The summed E-state index contributed by atoms with van der Waals surface area (Å²) in [6, 6.07) is 12.0. The zero-order chi connectivity index (χ0) is 17.0. The van der Waals surface area contributed by atoms with Gasteiger partial charge in [-0.2, -0.15) is 0 Å². The zero-order valence-corrected chi connectivity index (χ0v) is 13.8. The Labute approximate surface area is 135 Å². The first-order chi connectivity index (χ1) is 10.8. The van der Waals surface area contributed by atoms with E-state index in [0.717, 1.165) is 6.26 Å². The van der Waals surface area contributed by atoms with Gasteiger partial charge in [-0.15, -0.1) is 0 Å². The van der Waals surface area contributed by atoms with E-state index in [4.69, 9.17) is 0 Å². The highest BCUT2D eigenvalue weighted by atomic mass is 32.2. The highest BCUT2D eigenvalue weighted by molar-refractivity contribution is 7.90. The predicted octanol–water partition coefficient (Wildman–Crippen LogP) is 2.89. The van der Waals surface area contributed by atoms with Crippen LogP contribution in [0.3, 0.4) is 0 Å². The van der Waals surface area contributed by atoms with E-state index < -0.39 is 9.84 Å². The molecule has 0 radical (unpaired) electrons. The fraction of sp³-hybridized carbons (Fsp3) is 0.235. The van der Waals surface area contributed by atoms with Crippen molar-refractivity contribution in [2.24, 2.45) is 0 Å². The van der Waals surface area contributed by atoms with E-state index >= 15 is 0 Å². The second-order valence-electron chi connectivity index (χ2n) is 5.25. The monoisotopic (exact) mass is 335 g/mol. The van der Waals surface area contributed by atoms with Gasteiger partial charge in [0.05, 0.1) is 4.90 Å². The van der Waals surface area contributed by atoms with Crippen LogP contribution < -0.4 is 0 Å². The molecular weight excluding hydrogens is 317 g/mol. The van der Waals surface area contributed by atoms with Gasteiger partial charge in [-0.3, -0.25) is 4.79 Å². The third kappa shape index (κ3) is 4.39. The number of nitrogens with zero attached hydrogens (tertiary/aromatic N) is 1. The van der Waals surface area contributed by atoms with Crippen LogP contribution in [0.25, 0.3) is 0 Å². The Kier molecular flexibility index (Phi) is 5.15. The van der Waals surface area contributed by atoms with E-state index in [0.29, 0.717) is 17.7 Å². The first-order valence-corrected chi connectivity index (χ1v) is 9.04. The Morgan fingerprint density at radius 3 is 2.43 bits per heavy atom. The van der Waals surface area contributed by atoms with E-state index in [1.54, 1.807) is 24.3 Å². The zero-order valence-electron chi connectivity index (χ0n) is 13.0. The maximum absolute atomic E-state index is 13.3. The van der Waals surface area contributed by atoms with Gasteiger partial charge in [-0.1, -0.05) is 18.2 Å². The summed E-state index contributed by atoms with van der Waals surface area (Å²) < 4.78 is 36.5. The van der Waals surface area contributed by atoms with Crippen molar-refractivity contribution in [2.75, 3.05) is 12.8 Å². The quantitative estimate of drug-likeness (QED) is 0.844. The minimum absolute atomic E-state index is 0.102. The second-order valence-corrected chi connectivity index (χ2v) is 7.26. The fourth-order valence-corrected chi connectivity index (χ4v) is 2.89. The molecule has 6 heteroatoms. The number of hydrogen-bond donors (Lipinski definition) is 0. The van der Waals surface area contributed by atoms with Crippen LogP contribution in [-0.2, 0) is 16.4 Å². The first-order valence-electron chi connectivity index (χ1n) is 7.15. The van der Waals surface area contributed by atoms with Gasteiger partial charge in [0, 0.05) is 24.9 Å². The molecular formula is C17H18FNO3S. The van der Waals surface area contributed by atoms with Crippen molar-refractivity contribution in [3.63, 3.8) is 0 Å².